The van der Waals surface area contributed by atoms with Gasteiger partial charge in [-0.2, -0.15) is 0 Å². The van der Waals surface area contributed by atoms with Crippen molar-refractivity contribution in [3.63, 3.8) is 0 Å². The van der Waals surface area contributed by atoms with Crippen LogP contribution >= 0.6 is 11.8 Å². The molecule has 1 aliphatic rings. The van der Waals surface area contributed by atoms with Crippen molar-refractivity contribution < 1.29 is 4.99 Å². The SMILES string of the molecule is C1=CSC=C[NH+]=C1. The molecule has 0 radical (unpaired) electrons. The predicted octanol–water partition coefficient (Wildman–Crippen LogP) is -0.131. The highest BCUT2D eigenvalue weighted by molar-refractivity contribution is 8.04. The van der Waals surface area contributed by atoms with Crippen LogP contribution in [0.3, 0.4) is 0 Å². The van der Waals surface area contributed by atoms with E-state index in [0.717, 1.165) is 0 Å². The van der Waals surface area contributed by atoms with Gasteiger partial charge in [0.2, 0.25) is 0 Å². The first-order valence-electron chi connectivity index (χ1n) is 2.05. The van der Waals surface area contributed by atoms with Gasteiger partial charge in [-0.05, 0) is 5.41 Å². The fourth-order valence-corrected chi connectivity index (χ4v) is 0.737. The normalized spacial score (nSPS) is 17.1. The molecule has 0 unspecified atom stereocenters. The van der Waals surface area contributed by atoms with Crippen LogP contribution in [0.1, 0.15) is 0 Å². The van der Waals surface area contributed by atoms with Crippen molar-refractivity contribution in [2.45, 2.75) is 0 Å². The summed E-state index contributed by atoms with van der Waals surface area (Å²) >= 11 is 1.66. The molecule has 36 valence electrons. The van der Waals surface area contributed by atoms with E-state index in [1.165, 1.54) is 0 Å². The summed E-state index contributed by atoms with van der Waals surface area (Å²) in [6.45, 7) is 0. The molecule has 1 heterocycles. The Morgan fingerprint density at radius 1 is 1.29 bits per heavy atom. The highest BCUT2D eigenvalue weighted by atomic mass is 32.2. The minimum absolute atomic E-state index is 1.66. The second-order valence-electron chi connectivity index (χ2n) is 1.10. The van der Waals surface area contributed by atoms with Crippen LogP contribution in [0.25, 0.3) is 0 Å². The molecule has 0 amide bonds. The molecule has 1 nitrogen and oxygen atoms in total. The van der Waals surface area contributed by atoms with Crippen LogP contribution < -0.4 is 4.99 Å². The molecule has 2 heteroatoms. The first kappa shape index (κ1) is 4.65. The molecule has 0 aliphatic carbocycles. The van der Waals surface area contributed by atoms with Crippen LogP contribution in [0.15, 0.2) is 23.1 Å². The lowest BCUT2D eigenvalue weighted by Gasteiger charge is -1.66. The van der Waals surface area contributed by atoms with E-state index in [4.69, 9.17) is 0 Å². The molecular formula is C5H6NS+. The van der Waals surface area contributed by atoms with Gasteiger partial charge in [0.05, 0.1) is 0 Å². The highest BCUT2D eigenvalue weighted by Crippen LogP contribution is 2.00. The molecule has 0 fully saturated rings. The van der Waals surface area contributed by atoms with Crippen molar-refractivity contribution in [1.82, 2.24) is 0 Å². The maximum absolute atomic E-state index is 2.93. The van der Waals surface area contributed by atoms with E-state index in [-0.39, 0.29) is 0 Å². The second kappa shape index (κ2) is 2.64. The molecule has 0 aromatic heterocycles. The van der Waals surface area contributed by atoms with Crippen LogP contribution in [0.4, 0.5) is 0 Å². The molecule has 0 bridgehead atoms. The van der Waals surface area contributed by atoms with Gasteiger partial charge in [0.15, 0.2) is 12.4 Å². The smallest absolute Gasteiger partial charge is 0.173 e. The Kier molecular flexibility index (Phi) is 1.75. The third-order valence-electron chi connectivity index (χ3n) is 0.592. The Labute approximate surface area is 46.8 Å². The summed E-state index contributed by atoms with van der Waals surface area (Å²) in [6.07, 6.45) is 5.74. The van der Waals surface area contributed by atoms with Crippen molar-refractivity contribution in [1.29, 1.82) is 0 Å². The summed E-state index contributed by atoms with van der Waals surface area (Å²) in [6, 6.07) is 0. The third-order valence-corrected chi connectivity index (χ3v) is 1.20. The average Bonchev–Trinajstić information content (AvgIpc) is 1.90. The molecule has 1 N–H and O–H groups in total. The largest absolute Gasteiger partial charge is 0.217 e. The molecular weight excluding hydrogens is 106 g/mol. The van der Waals surface area contributed by atoms with Crippen molar-refractivity contribution in [2.24, 2.45) is 0 Å². The maximum atomic E-state index is 2.93. The highest BCUT2D eigenvalue weighted by Gasteiger charge is 1.77. The summed E-state index contributed by atoms with van der Waals surface area (Å²) < 4.78 is 0. The van der Waals surface area contributed by atoms with Gasteiger partial charge in [-0.3, -0.25) is 0 Å². The molecule has 7 heavy (non-hydrogen) atoms. The Balaban J connectivity index is 2.60. The summed E-state index contributed by atoms with van der Waals surface area (Å²) in [4.78, 5) is 2.93. The van der Waals surface area contributed by atoms with E-state index < -0.39 is 0 Å². The standard InChI is InChI=1S/C5H5NS/c1-2-6-3-5-7-4-1/h1-5H/p+1. The van der Waals surface area contributed by atoms with Crippen molar-refractivity contribution in [3.8, 4) is 0 Å². The molecule has 1 rings (SSSR count). The minimum atomic E-state index is 1.66. The lowest BCUT2D eigenvalue weighted by molar-refractivity contribution is -0.365. The van der Waals surface area contributed by atoms with Gasteiger partial charge in [0.1, 0.15) is 0 Å². The van der Waals surface area contributed by atoms with Crippen molar-refractivity contribution in [2.75, 3.05) is 0 Å². The van der Waals surface area contributed by atoms with E-state index in [9.17, 15) is 0 Å². The first-order chi connectivity index (χ1) is 3.50. The van der Waals surface area contributed by atoms with Gasteiger partial charge in [0, 0.05) is 11.5 Å². The Morgan fingerprint density at radius 2 is 2.29 bits per heavy atom. The monoisotopic (exact) mass is 112 g/mol. The molecule has 0 saturated carbocycles. The van der Waals surface area contributed by atoms with Crippen LogP contribution in [-0.2, 0) is 0 Å². The fourth-order valence-electron chi connectivity index (χ4n) is 0.320. The molecule has 0 atom stereocenters. The molecule has 0 aromatic rings. The number of allylic oxidation sites excluding steroid dienone is 1. The fraction of sp³-hybridized carbons (Fsp3) is 0. The third kappa shape index (κ3) is 1.59. The summed E-state index contributed by atoms with van der Waals surface area (Å²) in [7, 11) is 0. The minimum Gasteiger partial charge on any atom is -0.217 e. The van der Waals surface area contributed by atoms with Crippen molar-refractivity contribution >= 4 is 18.0 Å². The predicted molar refractivity (Wildman–Crippen MR) is 32.9 cm³/mol. The van der Waals surface area contributed by atoms with Gasteiger partial charge in [-0.1, -0.05) is 11.8 Å². The topological polar surface area (TPSA) is 14.0 Å². The summed E-state index contributed by atoms with van der Waals surface area (Å²) in [5.74, 6) is 0. The zero-order valence-electron chi connectivity index (χ0n) is 3.79. The zero-order chi connectivity index (χ0) is 4.95. The van der Waals surface area contributed by atoms with Crippen LogP contribution in [0, 0.1) is 0 Å². The molecule has 0 aromatic carbocycles. The summed E-state index contributed by atoms with van der Waals surface area (Å²) in [5, 5.41) is 4.00. The van der Waals surface area contributed by atoms with Crippen molar-refractivity contribution in [3.05, 3.63) is 23.1 Å². The second-order valence-corrected chi connectivity index (χ2v) is 1.92. The Morgan fingerprint density at radius 3 is 3.29 bits per heavy atom. The van der Waals surface area contributed by atoms with Gasteiger partial charge in [-0.25, -0.2) is 4.99 Å². The van der Waals surface area contributed by atoms with Gasteiger partial charge >= 0.3 is 0 Å². The number of nitrogens with one attached hydrogen (secondary N) is 1. The van der Waals surface area contributed by atoms with Gasteiger partial charge < -0.3 is 0 Å². The number of hydrogen-bond acceptors (Lipinski definition) is 1. The number of hydrogen-bond donors (Lipinski definition) is 1. The van der Waals surface area contributed by atoms with Crippen LogP contribution in [0.5, 0.6) is 0 Å². The van der Waals surface area contributed by atoms with E-state index in [1.807, 2.05) is 29.3 Å². The molecule has 0 saturated heterocycles. The van der Waals surface area contributed by atoms with Crippen LogP contribution in [-0.4, -0.2) is 6.21 Å². The Bertz CT molecular complexity index is 110. The van der Waals surface area contributed by atoms with E-state index in [1.54, 1.807) is 11.8 Å². The quantitative estimate of drug-likeness (QED) is 0.461. The van der Waals surface area contributed by atoms with Gasteiger partial charge in [-0.15, -0.1) is 0 Å². The maximum Gasteiger partial charge on any atom is 0.173 e. The Hall–Kier alpha value is -0.500. The molecule has 1 aliphatic heterocycles. The molecule has 0 spiro atoms. The van der Waals surface area contributed by atoms with E-state index in [2.05, 4.69) is 4.99 Å². The van der Waals surface area contributed by atoms with E-state index >= 15 is 0 Å². The first-order valence-corrected chi connectivity index (χ1v) is 2.99. The number of thioether (sulfide) groups is 1. The lowest BCUT2D eigenvalue weighted by atomic mass is 10.7. The summed E-state index contributed by atoms with van der Waals surface area (Å²) in [5.41, 5.74) is 0. The average molecular weight is 112 g/mol. The lowest BCUT2D eigenvalue weighted by Crippen LogP contribution is -2.60. The zero-order valence-corrected chi connectivity index (χ0v) is 4.61. The van der Waals surface area contributed by atoms with Crippen LogP contribution in [0.2, 0.25) is 0 Å². The van der Waals surface area contributed by atoms with E-state index in [0.29, 0.717) is 0 Å². The van der Waals surface area contributed by atoms with Gasteiger partial charge in [0.25, 0.3) is 0 Å². The number of rotatable bonds is 0.